The number of nitrogens with zero attached hydrogens (tertiary/aromatic N) is 2. The molecule has 102 valence electrons. The largest absolute Gasteiger partial charge is 0.326 e. The van der Waals surface area contributed by atoms with Crippen LogP contribution >= 0.6 is 11.8 Å². The van der Waals surface area contributed by atoms with Crippen molar-refractivity contribution in [2.45, 2.75) is 17.2 Å². The Kier molecular flexibility index (Phi) is 3.76. The van der Waals surface area contributed by atoms with Gasteiger partial charge in [-0.05, 0) is 23.8 Å². The van der Waals surface area contributed by atoms with Crippen LogP contribution in [-0.2, 0) is 19.3 Å². The molecule has 0 fully saturated rings. The van der Waals surface area contributed by atoms with Gasteiger partial charge >= 0.3 is 0 Å². The van der Waals surface area contributed by atoms with Crippen LogP contribution in [0.15, 0.2) is 53.4 Å². The molecule has 2 aromatic carbocycles. The fraction of sp³-hybridized carbons (Fsp3) is 0.188. The monoisotopic (exact) mass is 283 g/mol. The van der Waals surface area contributed by atoms with Crippen LogP contribution in [0.1, 0.15) is 11.3 Å². The lowest BCUT2D eigenvalue weighted by Crippen LogP contribution is -1.95. The van der Waals surface area contributed by atoms with E-state index in [1.165, 1.54) is 15.8 Å². The third kappa shape index (κ3) is 2.57. The minimum absolute atomic E-state index is 0.593. The molecule has 4 heteroatoms. The van der Waals surface area contributed by atoms with Gasteiger partial charge in [-0.1, -0.05) is 30.3 Å². The summed E-state index contributed by atoms with van der Waals surface area (Å²) in [4.78, 5) is 1.25. The minimum Gasteiger partial charge on any atom is -0.326 e. The van der Waals surface area contributed by atoms with Crippen LogP contribution in [0, 0.1) is 0 Å². The third-order valence-electron chi connectivity index (χ3n) is 3.37. The van der Waals surface area contributed by atoms with E-state index in [2.05, 4.69) is 47.6 Å². The van der Waals surface area contributed by atoms with Crippen LogP contribution in [0.2, 0.25) is 0 Å². The second-order valence-electron chi connectivity index (χ2n) is 4.72. The van der Waals surface area contributed by atoms with Gasteiger partial charge in [-0.2, -0.15) is 5.10 Å². The average Bonchev–Trinajstić information content (AvgIpc) is 2.83. The molecule has 0 saturated heterocycles. The van der Waals surface area contributed by atoms with Gasteiger partial charge in [-0.15, -0.1) is 11.8 Å². The minimum atomic E-state index is 0.593. The predicted octanol–water partition coefficient (Wildman–Crippen LogP) is 3.32. The first-order valence-corrected chi connectivity index (χ1v) is 7.59. The molecule has 3 nitrogen and oxygen atoms in total. The van der Waals surface area contributed by atoms with E-state index in [0.29, 0.717) is 6.54 Å². The van der Waals surface area contributed by atoms with E-state index in [4.69, 9.17) is 5.73 Å². The Labute approximate surface area is 122 Å². The topological polar surface area (TPSA) is 43.8 Å². The number of benzene rings is 2. The standard InChI is InChI=1S/C16H17N3S/c1-19-16-5-3-2-4-14(16)15(18-19)11-20-13-8-6-12(10-17)7-9-13/h2-9H,10-11,17H2,1H3. The number of rotatable bonds is 4. The number of aryl methyl sites for hydroxylation is 1. The van der Waals surface area contributed by atoms with E-state index >= 15 is 0 Å². The van der Waals surface area contributed by atoms with Gasteiger partial charge in [0, 0.05) is 29.6 Å². The smallest absolute Gasteiger partial charge is 0.0805 e. The van der Waals surface area contributed by atoms with Crippen molar-refractivity contribution in [3.05, 3.63) is 59.8 Å². The van der Waals surface area contributed by atoms with E-state index in [1.807, 2.05) is 17.8 Å². The molecule has 20 heavy (non-hydrogen) atoms. The molecule has 0 spiro atoms. The van der Waals surface area contributed by atoms with E-state index < -0.39 is 0 Å². The summed E-state index contributed by atoms with van der Waals surface area (Å²) >= 11 is 1.80. The fourth-order valence-electron chi connectivity index (χ4n) is 2.27. The fourth-order valence-corrected chi connectivity index (χ4v) is 3.11. The lowest BCUT2D eigenvalue weighted by atomic mass is 10.2. The van der Waals surface area contributed by atoms with Crippen LogP contribution in [0.3, 0.4) is 0 Å². The maximum absolute atomic E-state index is 5.61. The third-order valence-corrected chi connectivity index (χ3v) is 4.39. The summed E-state index contributed by atoms with van der Waals surface area (Å²) in [6.45, 7) is 0.593. The first-order chi connectivity index (χ1) is 9.78. The highest BCUT2D eigenvalue weighted by molar-refractivity contribution is 7.98. The Balaban J connectivity index is 1.79. The summed E-state index contributed by atoms with van der Waals surface area (Å²) < 4.78 is 1.95. The first kappa shape index (κ1) is 13.2. The van der Waals surface area contributed by atoms with Crippen molar-refractivity contribution < 1.29 is 0 Å². The van der Waals surface area contributed by atoms with Gasteiger partial charge in [0.1, 0.15) is 0 Å². The molecule has 0 aliphatic heterocycles. The molecule has 0 bridgehead atoms. The lowest BCUT2D eigenvalue weighted by molar-refractivity contribution is 0.781. The number of hydrogen-bond acceptors (Lipinski definition) is 3. The molecule has 1 aromatic heterocycles. The quantitative estimate of drug-likeness (QED) is 0.747. The number of thioether (sulfide) groups is 1. The second-order valence-corrected chi connectivity index (χ2v) is 5.77. The number of para-hydroxylation sites is 1. The molecule has 0 aliphatic carbocycles. The Morgan fingerprint density at radius 2 is 1.85 bits per heavy atom. The maximum atomic E-state index is 5.61. The lowest BCUT2D eigenvalue weighted by Gasteiger charge is -2.01. The van der Waals surface area contributed by atoms with Crippen molar-refractivity contribution >= 4 is 22.7 Å². The van der Waals surface area contributed by atoms with Gasteiger partial charge in [0.2, 0.25) is 0 Å². The zero-order chi connectivity index (χ0) is 13.9. The van der Waals surface area contributed by atoms with Gasteiger partial charge < -0.3 is 5.73 Å². The van der Waals surface area contributed by atoms with Crippen molar-refractivity contribution in [1.82, 2.24) is 9.78 Å². The van der Waals surface area contributed by atoms with Gasteiger partial charge in [-0.3, -0.25) is 4.68 Å². The zero-order valence-electron chi connectivity index (χ0n) is 11.4. The summed E-state index contributed by atoms with van der Waals surface area (Å²) in [7, 11) is 1.99. The Hall–Kier alpha value is -1.78. The normalized spacial score (nSPS) is 11.1. The highest BCUT2D eigenvalue weighted by Crippen LogP contribution is 2.26. The van der Waals surface area contributed by atoms with Crippen LogP contribution in [0.5, 0.6) is 0 Å². The van der Waals surface area contributed by atoms with Crippen LogP contribution in [-0.4, -0.2) is 9.78 Å². The Morgan fingerprint density at radius 1 is 1.10 bits per heavy atom. The maximum Gasteiger partial charge on any atom is 0.0805 e. The summed E-state index contributed by atoms with van der Waals surface area (Å²) in [5.74, 6) is 0.878. The molecule has 1 heterocycles. The van der Waals surface area contributed by atoms with Gasteiger partial charge in [-0.25, -0.2) is 0 Å². The Bertz CT molecular complexity index is 716. The van der Waals surface area contributed by atoms with Crippen molar-refractivity contribution in [3.8, 4) is 0 Å². The second kappa shape index (κ2) is 5.69. The summed E-state index contributed by atoms with van der Waals surface area (Å²) in [6.07, 6.45) is 0. The van der Waals surface area contributed by atoms with Crippen LogP contribution in [0.25, 0.3) is 10.9 Å². The van der Waals surface area contributed by atoms with Gasteiger partial charge in [0.25, 0.3) is 0 Å². The van der Waals surface area contributed by atoms with E-state index in [0.717, 1.165) is 17.0 Å². The van der Waals surface area contributed by atoms with Gasteiger partial charge in [0.15, 0.2) is 0 Å². The molecule has 3 aromatic rings. The summed E-state index contributed by atoms with van der Waals surface area (Å²) in [6, 6.07) is 16.8. The van der Waals surface area contributed by atoms with Gasteiger partial charge in [0.05, 0.1) is 11.2 Å². The number of hydrogen-bond donors (Lipinski definition) is 1. The molecule has 0 amide bonds. The number of aromatic nitrogens is 2. The average molecular weight is 283 g/mol. The molecule has 0 aliphatic rings. The summed E-state index contributed by atoms with van der Waals surface area (Å²) in [5, 5.41) is 5.85. The molecule has 0 unspecified atom stereocenters. The Morgan fingerprint density at radius 3 is 2.60 bits per heavy atom. The van der Waals surface area contributed by atoms with Crippen molar-refractivity contribution in [3.63, 3.8) is 0 Å². The molecular formula is C16H17N3S. The van der Waals surface area contributed by atoms with Crippen LogP contribution < -0.4 is 5.73 Å². The van der Waals surface area contributed by atoms with Crippen LogP contribution in [0.4, 0.5) is 0 Å². The van der Waals surface area contributed by atoms with E-state index in [9.17, 15) is 0 Å². The molecular weight excluding hydrogens is 266 g/mol. The van der Waals surface area contributed by atoms with Crippen molar-refractivity contribution in [2.75, 3.05) is 0 Å². The van der Waals surface area contributed by atoms with Crippen molar-refractivity contribution in [1.29, 1.82) is 0 Å². The highest BCUT2D eigenvalue weighted by atomic mass is 32.2. The molecule has 0 radical (unpaired) electrons. The molecule has 0 saturated carbocycles. The highest BCUT2D eigenvalue weighted by Gasteiger charge is 2.08. The molecule has 2 N–H and O–H groups in total. The van der Waals surface area contributed by atoms with Crippen molar-refractivity contribution in [2.24, 2.45) is 12.8 Å². The zero-order valence-corrected chi connectivity index (χ0v) is 12.2. The van der Waals surface area contributed by atoms with E-state index in [-0.39, 0.29) is 0 Å². The predicted molar refractivity (Wildman–Crippen MR) is 84.6 cm³/mol. The molecule has 3 rings (SSSR count). The van der Waals surface area contributed by atoms with E-state index in [1.54, 1.807) is 11.8 Å². The SMILES string of the molecule is Cn1nc(CSc2ccc(CN)cc2)c2ccccc21. The summed E-state index contributed by atoms with van der Waals surface area (Å²) in [5.41, 5.74) is 9.09. The molecule has 0 atom stereocenters. The number of nitrogens with two attached hydrogens (primary N) is 1. The number of fused-ring (bicyclic) bond motifs is 1. The first-order valence-electron chi connectivity index (χ1n) is 6.60.